The van der Waals surface area contributed by atoms with E-state index in [2.05, 4.69) is 0 Å². The summed E-state index contributed by atoms with van der Waals surface area (Å²) >= 11 is 0. The Bertz CT molecular complexity index is 467. The molecule has 1 aliphatic rings. The van der Waals surface area contributed by atoms with Gasteiger partial charge in [0.05, 0.1) is 0 Å². The van der Waals surface area contributed by atoms with Gasteiger partial charge in [-0.05, 0) is 43.5 Å². The minimum absolute atomic E-state index is 0.0241. The molecule has 98 valence electrons. The van der Waals surface area contributed by atoms with Gasteiger partial charge in [-0.25, -0.2) is 0 Å². The third-order valence-corrected chi connectivity index (χ3v) is 3.82. The number of benzene rings is 1. The van der Waals surface area contributed by atoms with Crippen LogP contribution in [0.5, 0.6) is 0 Å². The molecule has 1 heterocycles. The van der Waals surface area contributed by atoms with Gasteiger partial charge in [-0.15, -0.1) is 0 Å². The second kappa shape index (κ2) is 4.61. The maximum Gasteiger partial charge on any atom is 0.258 e. The number of ether oxygens (including phenoxy) is 1. The van der Waals surface area contributed by atoms with E-state index >= 15 is 0 Å². The molecule has 0 spiro atoms. The van der Waals surface area contributed by atoms with Crippen LogP contribution in [-0.4, -0.2) is 25.2 Å². The quantitative estimate of drug-likeness (QED) is 0.832. The second-order valence-electron chi connectivity index (χ2n) is 4.88. The van der Waals surface area contributed by atoms with Crippen LogP contribution < -0.4 is 10.6 Å². The monoisotopic (exact) mass is 248 g/mol. The lowest BCUT2D eigenvalue weighted by Crippen LogP contribution is -2.47. The summed E-state index contributed by atoms with van der Waals surface area (Å²) in [5.74, 6) is 0.0241. The van der Waals surface area contributed by atoms with Gasteiger partial charge >= 0.3 is 0 Å². The number of methoxy groups -OCH3 is 1. The van der Waals surface area contributed by atoms with Crippen LogP contribution >= 0.6 is 0 Å². The Labute approximate surface area is 108 Å². The average Bonchev–Trinajstić information content (AvgIpc) is 2.79. The van der Waals surface area contributed by atoms with Gasteiger partial charge in [0.25, 0.3) is 5.91 Å². The number of nitrogens with two attached hydrogens (primary N) is 1. The van der Waals surface area contributed by atoms with Crippen LogP contribution in [-0.2, 0) is 16.0 Å². The standard InChI is InChI=1S/C14H20N2O2/c1-4-14(2,18-3)13(17)16-8-7-10-9-11(15)5-6-12(10)16/h5-6,9H,4,7-8,15H2,1-3H3. The van der Waals surface area contributed by atoms with Gasteiger partial charge in [0.15, 0.2) is 0 Å². The van der Waals surface area contributed by atoms with Gasteiger partial charge in [0, 0.05) is 25.0 Å². The fraction of sp³-hybridized carbons (Fsp3) is 0.500. The van der Waals surface area contributed by atoms with E-state index in [1.54, 1.807) is 7.11 Å². The zero-order valence-corrected chi connectivity index (χ0v) is 11.2. The molecular weight excluding hydrogens is 228 g/mol. The lowest BCUT2D eigenvalue weighted by Gasteiger charge is -2.30. The molecule has 4 heteroatoms. The summed E-state index contributed by atoms with van der Waals surface area (Å²) in [6, 6.07) is 5.69. The fourth-order valence-corrected chi connectivity index (χ4v) is 2.30. The number of rotatable bonds is 3. The van der Waals surface area contributed by atoms with Crippen LogP contribution in [0.2, 0.25) is 0 Å². The lowest BCUT2D eigenvalue weighted by molar-refractivity contribution is -0.138. The zero-order chi connectivity index (χ0) is 13.3. The smallest absolute Gasteiger partial charge is 0.258 e. The number of hydrogen-bond donors (Lipinski definition) is 1. The summed E-state index contributed by atoms with van der Waals surface area (Å²) in [4.78, 5) is 14.4. The van der Waals surface area contributed by atoms with Gasteiger partial charge in [-0.2, -0.15) is 0 Å². The van der Waals surface area contributed by atoms with Crippen molar-refractivity contribution in [2.75, 3.05) is 24.3 Å². The molecular formula is C14H20N2O2. The molecule has 0 aromatic heterocycles. The first kappa shape index (κ1) is 12.9. The lowest BCUT2D eigenvalue weighted by atomic mass is 10.0. The molecule has 1 aliphatic heterocycles. The van der Waals surface area contributed by atoms with Crippen LogP contribution in [0.3, 0.4) is 0 Å². The summed E-state index contributed by atoms with van der Waals surface area (Å²) in [6.45, 7) is 4.50. The SMILES string of the molecule is CCC(C)(OC)C(=O)N1CCc2cc(N)ccc21. The number of carbonyl (C=O) groups excluding carboxylic acids is 1. The normalized spacial score (nSPS) is 17.4. The van der Waals surface area contributed by atoms with Crippen LogP contribution in [0.15, 0.2) is 18.2 Å². The number of nitrogen functional groups attached to an aromatic ring is 1. The summed E-state index contributed by atoms with van der Waals surface area (Å²) in [7, 11) is 1.58. The van der Waals surface area contributed by atoms with Crippen molar-refractivity contribution in [1.82, 2.24) is 0 Å². The molecule has 2 rings (SSSR count). The highest BCUT2D eigenvalue weighted by Gasteiger charge is 2.38. The maximum atomic E-state index is 12.5. The summed E-state index contributed by atoms with van der Waals surface area (Å²) in [6.07, 6.45) is 1.51. The molecule has 1 unspecified atom stereocenters. The molecule has 1 atom stereocenters. The molecule has 1 aromatic carbocycles. The molecule has 0 saturated carbocycles. The van der Waals surface area contributed by atoms with E-state index in [0.29, 0.717) is 13.0 Å². The number of carbonyl (C=O) groups is 1. The van der Waals surface area contributed by atoms with Crippen molar-refractivity contribution in [3.05, 3.63) is 23.8 Å². The van der Waals surface area contributed by atoms with E-state index in [4.69, 9.17) is 10.5 Å². The van der Waals surface area contributed by atoms with Gasteiger partial charge in [0.2, 0.25) is 0 Å². The highest BCUT2D eigenvalue weighted by Crippen LogP contribution is 2.32. The molecule has 0 fully saturated rings. The highest BCUT2D eigenvalue weighted by molar-refractivity contribution is 6.01. The van der Waals surface area contributed by atoms with Gasteiger partial charge in [0.1, 0.15) is 5.60 Å². The van der Waals surface area contributed by atoms with Gasteiger partial charge < -0.3 is 15.4 Å². The van der Waals surface area contributed by atoms with Crippen molar-refractivity contribution in [3.63, 3.8) is 0 Å². The molecule has 1 amide bonds. The molecule has 0 radical (unpaired) electrons. The van der Waals surface area contributed by atoms with E-state index in [1.165, 1.54) is 0 Å². The maximum absolute atomic E-state index is 12.5. The van der Waals surface area contributed by atoms with Crippen LogP contribution in [0.25, 0.3) is 0 Å². The largest absolute Gasteiger partial charge is 0.399 e. The minimum Gasteiger partial charge on any atom is -0.399 e. The van der Waals surface area contributed by atoms with E-state index < -0.39 is 5.60 Å². The third kappa shape index (κ3) is 1.97. The minimum atomic E-state index is -0.747. The molecule has 0 saturated heterocycles. The van der Waals surface area contributed by atoms with Crippen molar-refractivity contribution in [1.29, 1.82) is 0 Å². The zero-order valence-electron chi connectivity index (χ0n) is 11.2. The van der Waals surface area contributed by atoms with E-state index in [0.717, 1.165) is 23.4 Å². The molecule has 0 aliphatic carbocycles. The average molecular weight is 248 g/mol. The number of amides is 1. The van der Waals surface area contributed by atoms with E-state index in [9.17, 15) is 4.79 Å². The molecule has 2 N–H and O–H groups in total. The molecule has 4 nitrogen and oxygen atoms in total. The number of anilines is 2. The van der Waals surface area contributed by atoms with Crippen LogP contribution in [0, 0.1) is 0 Å². The number of fused-ring (bicyclic) bond motifs is 1. The first-order chi connectivity index (χ1) is 8.51. The van der Waals surface area contributed by atoms with Crippen molar-refractivity contribution in [3.8, 4) is 0 Å². The molecule has 0 bridgehead atoms. The Morgan fingerprint density at radius 2 is 2.28 bits per heavy atom. The van der Waals surface area contributed by atoms with Crippen molar-refractivity contribution < 1.29 is 9.53 Å². The van der Waals surface area contributed by atoms with Crippen molar-refractivity contribution in [2.45, 2.75) is 32.3 Å². The Hall–Kier alpha value is -1.55. The first-order valence-electron chi connectivity index (χ1n) is 6.27. The van der Waals surface area contributed by atoms with E-state index in [1.807, 2.05) is 36.9 Å². The van der Waals surface area contributed by atoms with Gasteiger partial charge in [-0.1, -0.05) is 6.92 Å². The Kier molecular flexibility index (Phi) is 3.30. The molecule has 18 heavy (non-hydrogen) atoms. The third-order valence-electron chi connectivity index (χ3n) is 3.82. The Morgan fingerprint density at radius 1 is 1.56 bits per heavy atom. The van der Waals surface area contributed by atoms with Crippen LogP contribution in [0.1, 0.15) is 25.8 Å². The summed E-state index contributed by atoms with van der Waals surface area (Å²) < 4.78 is 5.38. The number of nitrogens with zero attached hydrogens (tertiary/aromatic N) is 1. The fourth-order valence-electron chi connectivity index (χ4n) is 2.30. The highest BCUT2D eigenvalue weighted by atomic mass is 16.5. The summed E-state index contributed by atoms with van der Waals surface area (Å²) in [5.41, 5.74) is 7.86. The topological polar surface area (TPSA) is 55.6 Å². The number of hydrogen-bond acceptors (Lipinski definition) is 3. The predicted octanol–water partition coefficient (Wildman–Crippen LogP) is 1.97. The Balaban J connectivity index is 2.31. The summed E-state index contributed by atoms with van der Waals surface area (Å²) in [5, 5.41) is 0. The second-order valence-corrected chi connectivity index (χ2v) is 4.88. The first-order valence-corrected chi connectivity index (χ1v) is 6.27. The van der Waals surface area contributed by atoms with Crippen molar-refractivity contribution in [2.24, 2.45) is 0 Å². The molecule has 1 aromatic rings. The Morgan fingerprint density at radius 3 is 2.89 bits per heavy atom. The predicted molar refractivity (Wildman–Crippen MR) is 72.6 cm³/mol. The van der Waals surface area contributed by atoms with E-state index in [-0.39, 0.29) is 5.91 Å². The van der Waals surface area contributed by atoms with Crippen molar-refractivity contribution >= 4 is 17.3 Å². The van der Waals surface area contributed by atoms with Crippen LogP contribution in [0.4, 0.5) is 11.4 Å². The van der Waals surface area contributed by atoms with Gasteiger partial charge in [-0.3, -0.25) is 4.79 Å².